The number of guanidine groups is 1. The summed E-state index contributed by atoms with van der Waals surface area (Å²) in [5, 5.41) is 6.42. The fourth-order valence-corrected chi connectivity index (χ4v) is 3.00. The number of aliphatic imine (C=N–C) groups is 1. The average molecular weight is 275 g/mol. The van der Waals surface area contributed by atoms with Crippen LogP contribution < -0.4 is 5.73 Å². The molecule has 1 unspecified atom stereocenters. The summed E-state index contributed by atoms with van der Waals surface area (Å²) in [4.78, 5) is 7.83. The Bertz CT molecular complexity index is 572. The lowest BCUT2D eigenvalue weighted by Gasteiger charge is -2.24. The van der Waals surface area contributed by atoms with Crippen LogP contribution in [0.2, 0.25) is 0 Å². The fourth-order valence-electron chi connectivity index (χ4n) is 2.30. The zero-order chi connectivity index (χ0) is 13.2. The molecular weight excluding hydrogens is 258 g/mol. The molecule has 0 amide bonds. The van der Waals surface area contributed by atoms with E-state index in [0.717, 1.165) is 13.1 Å². The molecule has 1 aliphatic rings. The standard InChI is InChI=1S/C13H17N5S/c1-2-17-8-10(6-16-17)12-7-15-13(14)18(12)9-11-4-3-5-19-11/h3-6,8,12H,2,7,9H2,1H3,(H2,14,15). The van der Waals surface area contributed by atoms with Gasteiger partial charge in [0.15, 0.2) is 5.96 Å². The topological polar surface area (TPSA) is 59.4 Å². The molecule has 0 bridgehead atoms. The van der Waals surface area contributed by atoms with Gasteiger partial charge in [0.2, 0.25) is 0 Å². The quantitative estimate of drug-likeness (QED) is 0.926. The van der Waals surface area contributed by atoms with Crippen LogP contribution in [0.15, 0.2) is 34.9 Å². The van der Waals surface area contributed by atoms with E-state index in [0.29, 0.717) is 12.5 Å². The van der Waals surface area contributed by atoms with E-state index in [1.165, 1.54) is 10.4 Å². The van der Waals surface area contributed by atoms with Gasteiger partial charge in [-0.15, -0.1) is 11.3 Å². The van der Waals surface area contributed by atoms with Crippen molar-refractivity contribution in [2.75, 3.05) is 6.54 Å². The van der Waals surface area contributed by atoms with Gasteiger partial charge >= 0.3 is 0 Å². The highest BCUT2D eigenvalue weighted by atomic mass is 32.1. The molecule has 0 spiro atoms. The van der Waals surface area contributed by atoms with Crippen LogP contribution in [0.1, 0.15) is 23.4 Å². The van der Waals surface area contributed by atoms with E-state index in [4.69, 9.17) is 5.73 Å². The molecule has 2 N–H and O–H groups in total. The Balaban J connectivity index is 1.81. The molecule has 2 aromatic heterocycles. The summed E-state index contributed by atoms with van der Waals surface area (Å²) in [5.74, 6) is 0.627. The molecule has 0 aromatic carbocycles. The van der Waals surface area contributed by atoms with Crippen molar-refractivity contribution in [1.82, 2.24) is 14.7 Å². The number of nitrogens with zero attached hydrogens (tertiary/aromatic N) is 4. The lowest BCUT2D eigenvalue weighted by molar-refractivity contribution is 0.343. The van der Waals surface area contributed by atoms with E-state index in [-0.39, 0.29) is 6.04 Å². The van der Waals surface area contributed by atoms with Gasteiger partial charge in [-0.3, -0.25) is 9.67 Å². The van der Waals surface area contributed by atoms with Crippen LogP contribution in [-0.4, -0.2) is 27.2 Å². The number of hydrogen-bond donors (Lipinski definition) is 1. The molecule has 0 fully saturated rings. The SMILES string of the molecule is CCn1cc(C2CN=C(N)N2Cc2cccs2)cn1. The van der Waals surface area contributed by atoms with Crippen LogP contribution in [0.5, 0.6) is 0 Å². The van der Waals surface area contributed by atoms with Crippen LogP contribution in [0.4, 0.5) is 0 Å². The van der Waals surface area contributed by atoms with Gasteiger partial charge in [0, 0.05) is 23.2 Å². The Morgan fingerprint density at radius 2 is 2.42 bits per heavy atom. The van der Waals surface area contributed by atoms with Gasteiger partial charge in [-0.1, -0.05) is 6.07 Å². The van der Waals surface area contributed by atoms with E-state index >= 15 is 0 Å². The van der Waals surface area contributed by atoms with Gasteiger partial charge in [-0.2, -0.15) is 5.10 Å². The summed E-state index contributed by atoms with van der Waals surface area (Å²) < 4.78 is 1.94. The van der Waals surface area contributed by atoms with Crippen molar-refractivity contribution in [3.8, 4) is 0 Å². The van der Waals surface area contributed by atoms with Crippen LogP contribution in [0, 0.1) is 0 Å². The second-order valence-electron chi connectivity index (χ2n) is 4.55. The Morgan fingerprint density at radius 1 is 1.53 bits per heavy atom. The van der Waals surface area contributed by atoms with Crippen molar-refractivity contribution >= 4 is 17.3 Å². The molecule has 0 radical (unpaired) electrons. The third kappa shape index (κ3) is 2.35. The van der Waals surface area contributed by atoms with Crippen molar-refractivity contribution in [3.05, 3.63) is 40.3 Å². The summed E-state index contributed by atoms with van der Waals surface area (Å²) >= 11 is 1.75. The molecule has 1 atom stereocenters. The van der Waals surface area contributed by atoms with Crippen molar-refractivity contribution in [3.63, 3.8) is 0 Å². The number of nitrogens with two attached hydrogens (primary N) is 1. The minimum absolute atomic E-state index is 0.211. The molecule has 5 nitrogen and oxygen atoms in total. The van der Waals surface area contributed by atoms with E-state index in [9.17, 15) is 0 Å². The molecule has 100 valence electrons. The van der Waals surface area contributed by atoms with Crippen molar-refractivity contribution < 1.29 is 0 Å². The van der Waals surface area contributed by atoms with Crippen molar-refractivity contribution in [2.24, 2.45) is 10.7 Å². The highest BCUT2D eigenvalue weighted by molar-refractivity contribution is 7.09. The first-order valence-corrected chi connectivity index (χ1v) is 7.27. The fraction of sp³-hybridized carbons (Fsp3) is 0.385. The molecule has 0 saturated carbocycles. The first-order chi connectivity index (χ1) is 9.28. The zero-order valence-corrected chi connectivity index (χ0v) is 11.7. The second kappa shape index (κ2) is 5.05. The number of thiophene rings is 1. The van der Waals surface area contributed by atoms with Gasteiger partial charge in [-0.05, 0) is 18.4 Å². The summed E-state index contributed by atoms with van der Waals surface area (Å²) in [7, 11) is 0. The first-order valence-electron chi connectivity index (χ1n) is 6.39. The molecule has 2 aromatic rings. The summed E-state index contributed by atoms with van der Waals surface area (Å²) in [6.45, 7) is 4.50. The molecule has 3 heterocycles. The molecule has 0 saturated heterocycles. The number of aryl methyl sites for hydroxylation is 1. The lowest BCUT2D eigenvalue weighted by Crippen LogP contribution is -2.35. The Morgan fingerprint density at radius 3 is 3.11 bits per heavy atom. The van der Waals surface area contributed by atoms with E-state index in [1.807, 2.05) is 10.9 Å². The van der Waals surface area contributed by atoms with Crippen LogP contribution in [-0.2, 0) is 13.1 Å². The summed E-state index contributed by atoms with van der Waals surface area (Å²) in [5.41, 5.74) is 7.20. The average Bonchev–Trinajstić information content (AvgIpc) is 3.12. The van der Waals surface area contributed by atoms with Gasteiger partial charge in [0.1, 0.15) is 0 Å². The smallest absolute Gasteiger partial charge is 0.192 e. The van der Waals surface area contributed by atoms with Gasteiger partial charge in [0.05, 0.1) is 25.3 Å². The summed E-state index contributed by atoms with van der Waals surface area (Å²) in [6, 6.07) is 4.40. The minimum atomic E-state index is 0.211. The molecule has 1 aliphatic heterocycles. The van der Waals surface area contributed by atoms with E-state index < -0.39 is 0 Å². The molecular formula is C13H17N5S. The van der Waals surface area contributed by atoms with E-state index in [1.54, 1.807) is 11.3 Å². The predicted octanol–water partition coefficient (Wildman–Crippen LogP) is 1.84. The monoisotopic (exact) mass is 275 g/mol. The van der Waals surface area contributed by atoms with Gasteiger partial charge in [0.25, 0.3) is 0 Å². The number of aromatic nitrogens is 2. The second-order valence-corrected chi connectivity index (χ2v) is 5.58. The Labute approximate surface area is 116 Å². The van der Waals surface area contributed by atoms with Gasteiger partial charge in [-0.25, -0.2) is 0 Å². The maximum atomic E-state index is 6.02. The molecule has 19 heavy (non-hydrogen) atoms. The zero-order valence-electron chi connectivity index (χ0n) is 10.9. The highest BCUT2D eigenvalue weighted by Crippen LogP contribution is 2.27. The summed E-state index contributed by atoms with van der Waals surface area (Å²) in [6.07, 6.45) is 4.00. The Hall–Kier alpha value is -1.82. The third-order valence-electron chi connectivity index (χ3n) is 3.36. The maximum absolute atomic E-state index is 6.02. The van der Waals surface area contributed by atoms with Crippen LogP contribution >= 0.6 is 11.3 Å². The normalized spacial score (nSPS) is 18.9. The largest absolute Gasteiger partial charge is 0.370 e. The molecule has 3 rings (SSSR count). The van der Waals surface area contributed by atoms with Crippen LogP contribution in [0.3, 0.4) is 0 Å². The first kappa shape index (κ1) is 12.2. The van der Waals surface area contributed by atoms with Crippen LogP contribution in [0.25, 0.3) is 0 Å². The molecule has 6 heteroatoms. The van der Waals surface area contributed by atoms with Crippen molar-refractivity contribution in [1.29, 1.82) is 0 Å². The predicted molar refractivity (Wildman–Crippen MR) is 77.0 cm³/mol. The third-order valence-corrected chi connectivity index (χ3v) is 4.23. The van der Waals surface area contributed by atoms with E-state index in [2.05, 4.69) is 45.6 Å². The maximum Gasteiger partial charge on any atom is 0.192 e. The number of hydrogen-bond acceptors (Lipinski definition) is 5. The highest BCUT2D eigenvalue weighted by Gasteiger charge is 2.28. The minimum Gasteiger partial charge on any atom is -0.370 e. The number of rotatable bonds is 4. The lowest BCUT2D eigenvalue weighted by atomic mass is 10.1. The molecule has 0 aliphatic carbocycles. The van der Waals surface area contributed by atoms with Crippen molar-refractivity contribution in [2.45, 2.75) is 26.1 Å². The Kier molecular flexibility index (Phi) is 3.25. The van der Waals surface area contributed by atoms with Gasteiger partial charge < -0.3 is 10.6 Å².